The molecule has 0 aliphatic heterocycles. The molecule has 5 nitrogen and oxygen atoms in total. The van der Waals surface area contributed by atoms with Gasteiger partial charge in [-0.05, 0) is 44.0 Å². The Morgan fingerprint density at radius 1 is 1.08 bits per heavy atom. The number of unbranched alkanes of at least 4 members (excludes halogenated alkanes) is 2. The molecule has 6 heteroatoms. The van der Waals surface area contributed by atoms with Crippen LogP contribution < -0.4 is 4.72 Å². The van der Waals surface area contributed by atoms with E-state index in [1.807, 2.05) is 4.90 Å². The average Bonchev–Trinajstić information content (AvgIpc) is 2.58. The molecular formula is C19H32N2O3S. The number of nitrogens with one attached hydrogen (secondary N) is 1. The Bertz CT molecular complexity index is 627. The molecule has 142 valence electrons. The van der Waals surface area contributed by atoms with Crippen LogP contribution in [-0.4, -0.2) is 38.4 Å². The van der Waals surface area contributed by atoms with Crippen molar-refractivity contribution in [2.24, 2.45) is 0 Å². The van der Waals surface area contributed by atoms with Gasteiger partial charge in [-0.2, -0.15) is 0 Å². The van der Waals surface area contributed by atoms with Crippen molar-refractivity contribution in [2.75, 3.05) is 13.1 Å². The molecule has 25 heavy (non-hydrogen) atoms. The number of benzene rings is 1. The molecule has 0 aliphatic carbocycles. The van der Waals surface area contributed by atoms with Crippen LogP contribution in [0.1, 0.15) is 70.2 Å². The Morgan fingerprint density at radius 3 is 2.24 bits per heavy atom. The first-order chi connectivity index (χ1) is 11.9. The second-order valence-electron chi connectivity index (χ2n) is 6.37. The molecule has 0 bridgehead atoms. The standard InChI is InChI=1S/C19H32N2O3S/c1-5-8-9-15-21(16(4)10-6-2)19(22)17-11-13-18(14-12-17)25(23,24)20-7-3/h11-14,16,20H,5-10,15H2,1-4H3. The highest BCUT2D eigenvalue weighted by atomic mass is 32.2. The van der Waals surface area contributed by atoms with E-state index < -0.39 is 10.0 Å². The second kappa shape index (κ2) is 10.6. The third kappa shape index (κ3) is 6.44. The lowest BCUT2D eigenvalue weighted by Gasteiger charge is -2.29. The van der Waals surface area contributed by atoms with Crippen LogP contribution in [0.4, 0.5) is 0 Å². The van der Waals surface area contributed by atoms with Gasteiger partial charge in [-0.1, -0.05) is 40.0 Å². The molecule has 0 aromatic heterocycles. The van der Waals surface area contributed by atoms with Crippen LogP contribution in [0.25, 0.3) is 0 Å². The summed E-state index contributed by atoms with van der Waals surface area (Å²) in [6.07, 6.45) is 5.19. The van der Waals surface area contributed by atoms with Gasteiger partial charge in [0.1, 0.15) is 0 Å². The minimum Gasteiger partial charge on any atom is -0.336 e. The van der Waals surface area contributed by atoms with Gasteiger partial charge in [0.05, 0.1) is 4.90 Å². The third-order valence-corrected chi connectivity index (χ3v) is 5.81. The molecule has 1 atom stereocenters. The molecule has 0 fully saturated rings. The lowest BCUT2D eigenvalue weighted by atomic mass is 10.1. The van der Waals surface area contributed by atoms with Gasteiger partial charge >= 0.3 is 0 Å². The van der Waals surface area contributed by atoms with Crippen molar-refractivity contribution in [1.82, 2.24) is 9.62 Å². The van der Waals surface area contributed by atoms with E-state index >= 15 is 0 Å². The van der Waals surface area contributed by atoms with E-state index in [4.69, 9.17) is 0 Å². The smallest absolute Gasteiger partial charge is 0.254 e. The van der Waals surface area contributed by atoms with Crippen molar-refractivity contribution >= 4 is 15.9 Å². The van der Waals surface area contributed by atoms with E-state index in [1.54, 1.807) is 19.1 Å². The first-order valence-electron chi connectivity index (χ1n) is 9.28. The maximum absolute atomic E-state index is 12.9. The monoisotopic (exact) mass is 368 g/mol. The number of sulfonamides is 1. The summed E-state index contributed by atoms with van der Waals surface area (Å²) in [6, 6.07) is 6.40. The number of amides is 1. The summed E-state index contributed by atoms with van der Waals surface area (Å²) in [5, 5.41) is 0. The van der Waals surface area contributed by atoms with E-state index in [9.17, 15) is 13.2 Å². The Hall–Kier alpha value is -1.40. The highest BCUT2D eigenvalue weighted by Gasteiger charge is 2.21. The minimum atomic E-state index is -3.49. The van der Waals surface area contributed by atoms with Crippen molar-refractivity contribution in [3.8, 4) is 0 Å². The molecule has 1 amide bonds. The van der Waals surface area contributed by atoms with E-state index in [1.165, 1.54) is 12.1 Å². The Morgan fingerprint density at radius 2 is 1.72 bits per heavy atom. The Labute approximate surface area is 152 Å². The molecule has 1 rings (SSSR count). The molecule has 1 unspecified atom stereocenters. The molecule has 0 saturated heterocycles. The highest BCUT2D eigenvalue weighted by Crippen LogP contribution is 2.16. The Balaban J connectivity index is 2.96. The first kappa shape index (κ1) is 21.6. The van der Waals surface area contributed by atoms with Gasteiger partial charge in [0.15, 0.2) is 0 Å². The topological polar surface area (TPSA) is 66.5 Å². The summed E-state index contributed by atoms with van der Waals surface area (Å²) in [7, 11) is -3.49. The quantitative estimate of drug-likeness (QED) is 0.604. The predicted octanol–water partition coefficient (Wildman–Crippen LogP) is 3.81. The summed E-state index contributed by atoms with van der Waals surface area (Å²) < 4.78 is 26.5. The van der Waals surface area contributed by atoms with Crippen LogP contribution in [0, 0.1) is 0 Å². The summed E-state index contributed by atoms with van der Waals surface area (Å²) in [4.78, 5) is 15.0. The fraction of sp³-hybridized carbons (Fsp3) is 0.632. The van der Waals surface area contributed by atoms with Gasteiger partial charge in [-0.25, -0.2) is 13.1 Å². The summed E-state index contributed by atoms with van der Waals surface area (Å²) >= 11 is 0. The van der Waals surface area contributed by atoms with E-state index in [2.05, 4.69) is 25.5 Å². The largest absolute Gasteiger partial charge is 0.336 e. The van der Waals surface area contributed by atoms with Gasteiger partial charge in [-0.3, -0.25) is 4.79 Å². The number of rotatable bonds is 11. The van der Waals surface area contributed by atoms with Gasteiger partial charge in [0.2, 0.25) is 10.0 Å². The van der Waals surface area contributed by atoms with E-state index in [0.717, 1.165) is 38.6 Å². The molecule has 1 aromatic carbocycles. The van der Waals surface area contributed by atoms with Gasteiger partial charge < -0.3 is 4.90 Å². The van der Waals surface area contributed by atoms with Crippen LogP contribution in [0.15, 0.2) is 29.2 Å². The SMILES string of the molecule is CCCCCN(C(=O)c1ccc(S(=O)(=O)NCC)cc1)C(C)CCC. The molecule has 0 spiro atoms. The number of hydrogen-bond acceptors (Lipinski definition) is 3. The van der Waals surface area contributed by atoms with Crippen LogP contribution >= 0.6 is 0 Å². The van der Waals surface area contributed by atoms with Crippen molar-refractivity contribution in [3.05, 3.63) is 29.8 Å². The van der Waals surface area contributed by atoms with Gasteiger partial charge in [0.25, 0.3) is 5.91 Å². The van der Waals surface area contributed by atoms with E-state index in [-0.39, 0.29) is 16.8 Å². The fourth-order valence-electron chi connectivity index (χ4n) is 2.84. The summed E-state index contributed by atoms with van der Waals surface area (Å²) in [6.45, 7) is 9.15. The number of carbonyl (C=O) groups excluding carboxylic acids is 1. The molecular weight excluding hydrogens is 336 g/mol. The van der Waals surface area contributed by atoms with Crippen LogP contribution in [0.5, 0.6) is 0 Å². The summed E-state index contributed by atoms with van der Waals surface area (Å²) in [5.74, 6) is -0.0237. The fourth-order valence-corrected chi connectivity index (χ4v) is 3.88. The number of nitrogens with zero attached hydrogens (tertiary/aromatic N) is 1. The zero-order valence-corrected chi connectivity index (χ0v) is 16.7. The molecule has 1 N–H and O–H groups in total. The van der Waals surface area contributed by atoms with Crippen molar-refractivity contribution in [2.45, 2.75) is 70.7 Å². The lowest BCUT2D eigenvalue weighted by molar-refractivity contribution is 0.0679. The normalized spacial score (nSPS) is 12.8. The van der Waals surface area contributed by atoms with Gasteiger partial charge in [0, 0.05) is 24.7 Å². The molecule has 0 saturated carbocycles. The lowest BCUT2D eigenvalue weighted by Crippen LogP contribution is -2.39. The first-order valence-corrected chi connectivity index (χ1v) is 10.8. The van der Waals surface area contributed by atoms with Crippen LogP contribution in [0.2, 0.25) is 0 Å². The average molecular weight is 369 g/mol. The van der Waals surface area contributed by atoms with E-state index in [0.29, 0.717) is 12.1 Å². The molecule has 0 heterocycles. The van der Waals surface area contributed by atoms with Gasteiger partial charge in [-0.15, -0.1) is 0 Å². The zero-order chi connectivity index (χ0) is 18.9. The van der Waals surface area contributed by atoms with Crippen molar-refractivity contribution in [1.29, 1.82) is 0 Å². The van der Waals surface area contributed by atoms with Crippen LogP contribution in [0.3, 0.4) is 0 Å². The molecule has 0 radical (unpaired) electrons. The maximum atomic E-state index is 12.9. The molecule has 0 aliphatic rings. The second-order valence-corrected chi connectivity index (χ2v) is 8.14. The zero-order valence-electron chi connectivity index (χ0n) is 15.9. The van der Waals surface area contributed by atoms with Crippen molar-refractivity contribution < 1.29 is 13.2 Å². The predicted molar refractivity (Wildman–Crippen MR) is 102 cm³/mol. The van der Waals surface area contributed by atoms with Crippen molar-refractivity contribution in [3.63, 3.8) is 0 Å². The number of carbonyl (C=O) groups is 1. The van der Waals surface area contributed by atoms with Crippen LogP contribution in [-0.2, 0) is 10.0 Å². The summed E-state index contributed by atoms with van der Waals surface area (Å²) in [5.41, 5.74) is 0.537. The number of hydrogen-bond donors (Lipinski definition) is 1. The highest BCUT2D eigenvalue weighted by molar-refractivity contribution is 7.89. The minimum absolute atomic E-state index is 0.0237. The Kier molecular flexibility index (Phi) is 9.14. The molecule has 1 aromatic rings. The third-order valence-electron chi connectivity index (χ3n) is 4.25. The maximum Gasteiger partial charge on any atom is 0.254 e.